The molecule has 0 aliphatic rings. The van der Waals surface area contributed by atoms with E-state index in [-0.39, 0.29) is 11.9 Å². The van der Waals surface area contributed by atoms with Crippen molar-refractivity contribution in [1.82, 2.24) is 9.47 Å². The van der Waals surface area contributed by atoms with Gasteiger partial charge in [-0.3, -0.25) is 4.79 Å². The van der Waals surface area contributed by atoms with Gasteiger partial charge in [-0.2, -0.15) is 0 Å². The van der Waals surface area contributed by atoms with Crippen LogP contribution >= 0.6 is 0 Å². The molecular formula is C24H28N2O. The minimum Gasteiger partial charge on any atom is -0.345 e. The summed E-state index contributed by atoms with van der Waals surface area (Å²) >= 11 is 0. The number of rotatable bonds is 6. The molecule has 1 heterocycles. The van der Waals surface area contributed by atoms with Crippen molar-refractivity contribution in [3.8, 4) is 0 Å². The average molecular weight is 361 g/mol. The van der Waals surface area contributed by atoms with Gasteiger partial charge >= 0.3 is 0 Å². The van der Waals surface area contributed by atoms with Gasteiger partial charge in [0.05, 0.1) is 6.54 Å². The van der Waals surface area contributed by atoms with Gasteiger partial charge in [0.15, 0.2) is 0 Å². The van der Waals surface area contributed by atoms with Crippen LogP contribution in [0, 0.1) is 13.8 Å². The Hall–Kier alpha value is -2.81. The molecule has 3 heteroatoms. The number of hydrogen-bond acceptors (Lipinski definition) is 1. The number of benzene rings is 2. The molecule has 0 saturated heterocycles. The van der Waals surface area contributed by atoms with E-state index in [0.29, 0.717) is 6.54 Å². The van der Waals surface area contributed by atoms with Crippen molar-refractivity contribution >= 4 is 5.91 Å². The molecule has 27 heavy (non-hydrogen) atoms. The topological polar surface area (TPSA) is 25.2 Å². The summed E-state index contributed by atoms with van der Waals surface area (Å²) in [7, 11) is 0. The number of carbonyl (C=O) groups excluding carboxylic acids is 1. The highest BCUT2D eigenvalue weighted by Gasteiger charge is 2.20. The fourth-order valence-electron chi connectivity index (χ4n) is 3.16. The monoisotopic (exact) mass is 360 g/mol. The van der Waals surface area contributed by atoms with E-state index in [1.54, 1.807) is 0 Å². The standard InChI is InChI=1S/C24H28N2O/c1-18(2)26(24(27)22-13-9-20(4)10-14-22)17-23-6-5-15-25(23)16-21-11-7-19(3)8-12-21/h5-15,18H,16-17H2,1-4H3. The van der Waals surface area contributed by atoms with Crippen molar-refractivity contribution in [3.05, 3.63) is 94.8 Å². The summed E-state index contributed by atoms with van der Waals surface area (Å²) in [5, 5.41) is 0. The Kier molecular flexibility index (Phi) is 5.80. The zero-order valence-electron chi connectivity index (χ0n) is 16.6. The normalized spacial score (nSPS) is 11.0. The summed E-state index contributed by atoms with van der Waals surface area (Å²) in [5.74, 6) is 0.0769. The van der Waals surface area contributed by atoms with Crippen molar-refractivity contribution in [2.45, 2.75) is 46.8 Å². The van der Waals surface area contributed by atoms with Crippen LogP contribution in [0.25, 0.3) is 0 Å². The lowest BCUT2D eigenvalue weighted by atomic mass is 10.1. The van der Waals surface area contributed by atoms with Crippen LogP contribution in [-0.4, -0.2) is 21.4 Å². The van der Waals surface area contributed by atoms with E-state index in [1.165, 1.54) is 11.1 Å². The maximum Gasteiger partial charge on any atom is 0.254 e. The lowest BCUT2D eigenvalue weighted by molar-refractivity contribution is 0.0686. The molecule has 0 spiro atoms. The van der Waals surface area contributed by atoms with E-state index in [1.807, 2.05) is 36.1 Å². The van der Waals surface area contributed by atoms with Crippen LogP contribution in [0.1, 0.15) is 46.6 Å². The number of aryl methyl sites for hydroxylation is 2. The molecule has 0 fully saturated rings. The van der Waals surface area contributed by atoms with Crippen LogP contribution in [-0.2, 0) is 13.1 Å². The first kappa shape index (κ1) is 19.0. The Balaban J connectivity index is 1.79. The van der Waals surface area contributed by atoms with E-state index in [0.717, 1.165) is 23.4 Å². The molecule has 140 valence electrons. The van der Waals surface area contributed by atoms with Crippen LogP contribution in [0.4, 0.5) is 0 Å². The minimum atomic E-state index is 0.0769. The molecule has 0 atom stereocenters. The van der Waals surface area contributed by atoms with Gasteiger partial charge in [0.2, 0.25) is 0 Å². The van der Waals surface area contributed by atoms with Gasteiger partial charge in [-0.05, 0) is 57.5 Å². The summed E-state index contributed by atoms with van der Waals surface area (Å²) in [5.41, 5.74) is 5.57. The summed E-state index contributed by atoms with van der Waals surface area (Å²) < 4.78 is 2.22. The van der Waals surface area contributed by atoms with Crippen LogP contribution in [0.5, 0.6) is 0 Å². The summed E-state index contributed by atoms with van der Waals surface area (Å²) in [6, 6.07) is 20.7. The molecule has 3 nitrogen and oxygen atoms in total. The lowest BCUT2D eigenvalue weighted by Gasteiger charge is -2.27. The van der Waals surface area contributed by atoms with Crippen molar-refractivity contribution < 1.29 is 4.79 Å². The van der Waals surface area contributed by atoms with Crippen LogP contribution in [0.2, 0.25) is 0 Å². The Morgan fingerprint density at radius 2 is 1.52 bits per heavy atom. The molecule has 1 amide bonds. The zero-order chi connectivity index (χ0) is 19.4. The molecule has 2 aromatic carbocycles. The van der Waals surface area contributed by atoms with Crippen molar-refractivity contribution in [1.29, 1.82) is 0 Å². The summed E-state index contributed by atoms with van der Waals surface area (Å²) in [6.45, 7) is 9.68. The fraction of sp³-hybridized carbons (Fsp3) is 0.292. The number of aromatic nitrogens is 1. The van der Waals surface area contributed by atoms with Gasteiger partial charge in [-0.15, -0.1) is 0 Å². The fourth-order valence-corrected chi connectivity index (χ4v) is 3.16. The molecule has 0 saturated carbocycles. The second kappa shape index (κ2) is 8.26. The van der Waals surface area contributed by atoms with E-state index in [9.17, 15) is 4.79 Å². The predicted molar refractivity (Wildman–Crippen MR) is 111 cm³/mol. The Morgan fingerprint density at radius 1 is 0.926 bits per heavy atom. The first-order valence-electron chi connectivity index (χ1n) is 9.51. The van der Waals surface area contributed by atoms with Gasteiger partial charge in [0.25, 0.3) is 5.91 Å². The highest BCUT2D eigenvalue weighted by atomic mass is 16.2. The SMILES string of the molecule is Cc1ccc(Cn2cccc2CN(C(=O)c2ccc(C)cc2)C(C)C)cc1. The largest absolute Gasteiger partial charge is 0.345 e. The quantitative estimate of drug-likeness (QED) is 0.593. The first-order chi connectivity index (χ1) is 12.9. The van der Waals surface area contributed by atoms with Gasteiger partial charge in [0, 0.05) is 30.0 Å². The molecule has 3 aromatic rings. The second-order valence-electron chi connectivity index (χ2n) is 7.51. The maximum absolute atomic E-state index is 13.0. The van der Waals surface area contributed by atoms with E-state index >= 15 is 0 Å². The van der Waals surface area contributed by atoms with Crippen molar-refractivity contribution in [3.63, 3.8) is 0 Å². The van der Waals surface area contributed by atoms with Crippen LogP contribution < -0.4 is 0 Å². The maximum atomic E-state index is 13.0. The number of nitrogens with zero attached hydrogens (tertiary/aromatic N) is 2. The Labute approximate surface area is 162 Å². The van der Waals surface area contributed by atoms with Crippen molar-refractivity contribution in [2.24, 2.45) is 0 Å². The lowest BCUT2D eigenvalue weighted by Crippen LogP contribution is -2.37. The number of amides is 1. The highest BCUT2D eigenvalue weighted by Crippen LogP contribution is 2.16. The predicted octanol–water partition coefficient (Wildman–Crippen LogP) is 5.20. The van der Waals surface area contributed by atoms with Crippen LogP contribution in [0.15, 0.2) is 66.9 Å². The van der Waals surface area contributed by atoms with Crippen LogP contribution in [0.3, 0.4) is 0 Å². The smallest absolute Gasteiger partial charge is 0.254 e. The van der Waals surface area contributed by atoms with Gasteiger partial charge in [-0.1, -0.05) is 47.5 Å². The van der Waals surface area contributed by atoms with Crippen molar-refractivity contribution in [2.75, 3.05) is 0 Å². The third-order valence-corrected chi connectivity index (χ3v) is 4.91. The average Bonchev–Trinajstić information content (AvgIpc) is 3.08. The third kappa shape index (κ3) is 4.68. The first-order valence-corrected chi connectivity index (χ1v) is 9.51. The highest BCUT2D eigenvalue weighted by molar-refractivity contribution is 5.94. The molecule has 0 unspecified atom stereocenters. The molecule has 3 rings (SSSR count). The Morgan fingerprint density at radius 3 is 2.11 bits per heavy atom. The van der Waals surface area contributed by atoms with Gasteiger partial charge in [-0.25, -0.2) is 0 Å². The molecule has 0 aliphatic heterocycles. The zero-order valence-corrected chi connectivity index (χ0v) is 16.6. The minimum absolute atomic E-state index is 0.0769. The van der Waals surface area contributed by atoms with E-state index in [2.05, 4.69) is 67.9 Å². The molecule has 0 N–H and O–H groups in total. The molecular weight excluding hydrogens is 332 g/mol. The number of hydrogen-bond donors (Lipinski definition) is 0. The summed E-state index contributed by atoms with van der Waals surface area (Å²) in [4.78, 5) is 15.0. The second-order valence-corrected chi connectivity index (χ2v) is 7.51. The third-order valence-electron chi connectivity index (χ3n) is 4.91. The van der Waals surface area contributed by atoms with Gasteiger partial charge < -0.3 is 9.47 Å². The molecule has 0 bridgehead atoms. The molecule has 0 aliphatic carbocycles. The van der Waals surface area contributed by atoms with E-state index in [4.69, 9.17) is 0 Å². The summed E-state index contributed by atoms with van der Waals surface area (Å²) in [6.07, 6.45) is 2.09. The molecule has 1 aromatic heterocycles. The number of carbonyl (C=O) groups is 1. The van der Waals surface area contributed by atoms with E-state index < -0.39 is 0 Å². The van der Waals surface area contributed by atoms with Gasteiger partial charge in [0.1, 0.15) is 0 Å². The molecule has 0 radical (unpaired) electrons. The Bertz CT molecular complexity index is 889.